The highest BCUT2D eigenvalue weighted by Gasteiger charge is 2.29. The fraction of sp³-hybridized carbons (Fsp3) is 0.545. The average Bonchev–Trinajstić information content (AvgIpc) is 2.38. The topological polar surface area (TPSA) is 37.4 Å². The van der Waals surface area contributed by atoms with Crippen LogP contribution in [0.1, 0.15) is 0 Å². The molecule has 2 aliphatic rings. The molecule has 1 unspecified atom stereocenters. The summed E-state index contributed by atoms with van der Waals surface area (Å²) in [6, 6.07) is 4.54. The third-order valence-corrected chi connectivity index (χ3v) is 4.18. The van der Waals surface area contributed by atoms with E-state index in [2.05, 4.69) is 21.3 Å². The van der Waals surface area contributed by atoms with Crippen LogP contribution < -0.4 is 15.0 Å². The molecule has 1 N–H and O–H groups in total. The molecule has 1 saturated heterocycles. The van der Waals surface area contributed by atoms with Gasteiger partial charge in [-0.2, -0.15) is 16.7 Å². The Balaban J connectivity index is 1.98. The number of nitrogens with zero attached hydrogens (tertiary/aromatic N) is 2. The first-order chi connectivity index (χ1) is 7.88. The smallest absolute Gasteiger partial charge is 0.215 e. The molecule has 4 nitrogen and oxygen atoms in total. The molecule has 2 aliphatic heterocycles. The zero-order valence-corrected chi connectivity index (χ0v) is 10.1. The van der Waals surface area contributed by atoms with Crippen LogP contribution in [-0.4, -0.2) is 42.7 Å². The molecule has 1 fully saturated rings. The molecule has 0 aromatic carbocycles. The van der Waals surface area contributed by atoms with Gasteiger partial charge < -0.3 is 15.0 Å². The maximum Gasteiger partial charge on any atom is 0.215 e. The first-order valence-corrected chi connectivity index (χ1v) is 6.67. The molecule has 3 heterocycles. The summed E-state index contributed by atoms with van der Waals surface area (Å²) in [6.07, 6.45) is 0. The van der Waals surface area contributed by atoms with Gasteiger partial charge in [-0.25, -0.2) is 0 Å². The van der Waals surface area contributed by atoms with Gasteiger partial charge in [0.1, 0.15) is 0 Å². The summed E-state index contributed by atoms with van der Waals surface area (Å²) >= 11 is 2.02. The van der Waals surface area contributed by atoms with Gasteiger partial charge >= 0.3 is 0 Å². The van der Waals surface area contributed by atoms with Crippen LogP contribution in [0.3, 0.4) is 0 Å². The highest BCUT2D eigenvalue weighted by atomic mass is 32.2. The number of ether oxygens (including phenoxy) is 1. The Kier molecular flexibility index (Phi) is 2.55. The van der Waals surface area contributed by atoms with Crippen molar-refractivity contribution in [1.29, 1.82) is 0 Å². The molecule has 5 heteroatoms. The van der Waals surface area contributed by atoms with Gasteiger partial charge in [0.2, 0.25) is 5.88 Å². The largest absolute Gasteiger partial charge is 0.481 e. The molecule has 1 atom stereocenters. The molecule has 0 amide bonds. The fourth-order valence-corrected chi connectivity index (χ4v) is 3.29. The van der Waals surface area contributed by atoms with E-state index in [0.717, 1.165) is 24.6 Å². The SMILES string of the molecule is COc1ccc2c(n1)N1CCSCC1CN2. The summed E-state index contributed by atoms with van der Waals surface area (Å²) in [4.78, 5) is 6.96. The predicted molar refractivity (Wildman–Crippen MR) is 67.7 cm³/mol. The van der Waals surface area contributed by atoms with Crippen molar-refractivity contribution in [3.63, 3.8) is 0 Å². The van der Waals surface area contributed by atoms with Gasteiger partial charge in [0, 0.05) is 30.7 Å². The monoisotopic (exact) mass is 237 g/mol. The van der Waals surface area contributed by atoms with Gasteiger partial charge in [0.15, 0.2) is 5.82 Å². The summed E-state index contributed by atoms with van der Waals surface area (Å²) in [7, 11) is 1.66. The highest BCUT2D eigenvalue weighted by molar-refractivity contribution is 7.99. The van der Waals surface area contributed by atoms with Crippen molar-refractivity contribution < 1.29 is 4.74 Å². The second kappa shape index (κ2) is 4.05. The zero-order chi connectivity index (χ0) is 11.0. The number of pyridine rings is 1. The van der Waals surface area contributed by atoms with Crippen molar-refractivity contribution in [2.45, 2.75) is 6.04 Å². The molecular formula is C11H15N3OS. The molecule has 3 rings (SSSR count). The number of hydrogen-bond donors (Lipinski definition) is 1. The van der Waals surface area contributed by atoms with E-state index in [1.54, 1.807) is 7.11 Å². The number of aromatic nitrogens is 1. The first-order valence-electron chi connectivity index (χ1n) is 5.52. The molecule has 0 aliphatic carbocycles. The number of methoxy groups -OCH3 is 1. The van der Waals surface area contributed by atoms with Gasteiger partial charge in [0.25, 0.3) is 0 Å². The van der Waals surface area contributed by atoms with Crippen molar-refractivity contribution in [2.24, 2.45) is 0 Å². The minimum Gasteiger partial charge on any atom is -0.481 e. The van der Waals surface area contributed by atoms with Crippen molar-refractivity contribution in [3.05, 3.63) is 12.1 Å². The van der Waals surface area contributed by atoms with Crippen LogP contribution in [0.5, 0.6) is 5.88 Å². The van der Waals surface area contributed by atoms with E-state index >= 15 is 0 Å². The minimum atomic E-state index is 0.575. The molecule has 0 radical (unpaired) electrons. The Hall–Kier alpha value is -1.10. The van der Waals surface area contributed by atoms with Crippen molar-refractivity contribution in [2.75, 3.05) is 41.9 Å². The number of rotatable bonds is 1. The average molecular weight is 237 g/mol. The summed E-state index contributed by atoms with van der Waals surface area (Å²) in [6.45, 7) is 2.11. The van der Waals surface area contributed by atoms with Crippen LogP contribution in [0, 0.1) is 0 Å². The summed E-state index contributed by atoms with van der Waals surface area (Å²) in [5, 5.41) is 3.44. The quantitative estimate of drug-likeness (QED) is 0.800. The molecule has 1 aromatic rings. The van der Waals surface area contributed by atoms with Gasteiger partial charge in [-0.3, -0.25) is 0 Å². The maximum absolute atomic E-state index is 5.19. The minimum absolute atomic E-state index is 0.575. The van der Waals surface area contributed by atoms with E-state index in [1.807, 2.05) is 17.8 Å². The van der Waals surface area contributed by atoms with Crippen LogP contribution in [0.25, 0.3) is 0 Å². The van der Waals surface area contributed by atoms with E-state index < -0.39 is 0 Å². The molecule has 1 aromatic heterocycles. The summed E-state index contributed by atoms with van der Waals surface area (Å²) in [5.41, 5.74) is 1.13. The lowest BCUT2D eigenvalue weighted by molar-refractivity contribution is 0.397. The summed E-state index contributed by atoms with van der Waals surface area (Å²) < 4.78 is 5.19. The second-order valence-corrected chi connectivity index (χ2v) is 5.18. The first kappa shape index (κ1) is 10.1. The van der Waals surface area contributed by atoms with Crippen LogP contribution in [-0.2, 0) is 0 Å². The fourth-order valence-electron chi connectivity index (χ4n) is 2.23. The van der Waals surface area contributed by atoms with Crippen molar-refractivity contribution in [3.8, 4) is 5.88 Å². The lowest BCUT2D eigenvalue weighted by atomic mass is 10.2. The van der Waals surface area contributed by atoms with Gasteiger partial charge in [-0.15, -0.1) is 0 Å². The molecule has 0 saturated carbocycles. The van der Waals surface area contributed by atoms with E-state index in [9.17, 15) is 0 Å². The zero-order valence-electron chi connectivity index (χ0n) is 9.27. The Labute approximate surface area is 99.4 Å². The standard InChI is InChI=1S/C11H15N3OS/c1-15-10-3-2-9-11(13-10)14-4-5-16-7-8(14)6-12-9/h2-3,8,12H,4-7H2,1H3. The second-order valence-electron chi connectivity index (χ2n) is 4.03. The third kappa shape index (κ3) is 1.59. The summed E-state index contributed by atoms with van der Waals surface area (Å²) in [5.74, 6) is 4.12. The number of hydrogen-bond acceptors (Lipinski definition) is 5. The predicted octanol–water partition coefficient (Wildman–Crippen LogP) is 1.44. The van der Waals surface area contributed by atoms with Crippen LogP contribution in [0.4, 0.5) is 11.5 Å². The normalized spacial score (nSPS) is 23.1. The number of anilines is 2. The Bertz CT molecular complexity index is 399. The molecule has 16 heavy (non-hydrogen) atoms. The molecular weight excluding hydrogens is 222 g/mol. The highest BCUT2D eigenvalue weighted by Crippen LogP contribution is 2.34. The molecule has 86 valence electrons. The third-order valence-electron chi connectivity index (χ3n) is 3.09. The number of nitrogens with one attached hydrogen (secondary N) is 1. The maximum atomic E-state index is 5.19. The van der Waals surface area contributed by atoms with E-state index in [1.165, 1.54) is 11.5 Å². The van der Waals surface area contributed by atoms with E-state index in [-0.39, 0.29) is 0 Å². The lowest BCUT2D eigenvalue weighted by Crippen LogP contribution is -2.49. The van der Waals surface area contributed by atoms with E-state index in [0.29, 0.717) is 11.9 Å². The molecule has 0 bridgehead atoms. The molecule has 0 spiro atoms. The Morgan fingerprint density at radius 1 is 1.56 bits per heavy atom. The van der Waals surface area contributed by atoms with Crippen LogP contribution in [0.2, 0.25) is 0 Å². The van der Waals surface area contributed by atoms with Crippen LogP contribution >= 0.6 is 11.8 Å². The van der Waals surface area contributed by atoms with Gasteiger partial charge in [-0.1, -0.05) is 0 Å². The van der Waals surface area contributed by atoms with Crippen molar-refractivity contribution >= 4 is 23.3 Å². The Morgan fingerprint density at radius 2 is 2.50 bits per heavy atom. The lowest BCUT2D eigenvalue weighted by Gasteiger charge is -2.41. The Morgan fingerprint density at radius 3 is 3.38 bits per heavy atom. The number of fused-ring (bicyclic) bond motifs is 3. The number of thioether (sulfide) groups is 1. The van der Waals surface area contributed by atoms with Gasteiger partial charge in [-0.05, 0) is 6.07 Å². The van der Waals surface area contributed by atoms with Crippen LogP contribution in [0.15, 0.2) is 12.1 Å². The van der Waals surface area contributed by atoms with Gasteiger partial charge in [0.05, 0.1) is 18.8 Å². The van der Waals surface area contributed by atoms with Crippen molar-refractivity contribution in [1.82, 2.24) is 4.98 Å². The van der Waals surface area contributed by atoms with E-state index in [4.69, 9.17) is 4.74 Å².